The number of hydrogen-bond acceptors (Lipinski definition) is 7. The summed E-state index contributed by atoms with van der Waals surface area (Å²) in [5.74, 6) is -1.74. The lowest BCUT2D eigenvalue weighted by Crippen LogP contribution is -2.55. The van der Waals surface area contributed by atoms with Gasteiger partial charge >= 0.3 is 11.9 Å². The molecular formula is C32H61NO7. The van der Waals surface area contributed by atoms with Gasteiger partial charge in [0.05, 0.1) is 40.3 Å². The van der Waals surface area contributed by atoms with Crippen LogP contribution in [0.5, 0.6) is 0 Å². The summed E-state index contributed by atoms with van der Waals surface area (Å²) in [6.07, 6.45) is 18.5. The van der Waals surface area contributed by atoms with E-state index in [-0.39, 0.29) is 42.7 Å². The minimum Gasteiger partial charge on any atom is -0.544 e. The second-order valence-electron chi connectivity index (χ2n) is 12.1. The van der Waals surface area contributed by atoms with E-state index in [9.17, 15) is 19.5 Å². The average molecular weight is 572 g/mol. The molecule has 8 nitrogen and oxygen atoms in total. The number of carbonyl (C=O) groups excluding carboxylic acids is 3. The van der Waals surface area contributed by atoms with Gasteiger partial charge in [-0.2, -0.15) is 0 Å². The molecular weight excluding hydrogens is 510 g/mol. The molecule has 2 unspecified atom stereocenters. The number of carbonyl (C=O) groups is 3. The third-order valence-electron chi connectivity index (χ3n) is 7.24. The average Bonchev–Trinajstić information content (AvgIpc) is 2.89. The Morgan fingerprint density at radius 3 is 1.55 bits per heavy atom. The predicted octanol–water partition coefficient (Wildman–Crippen LogP) is 5.73. The highest BCUT2D eigenvalue weighted by Crippen LogP contribution is 2.13. The van der Waals surface area contributed by atoms with E-state index >= 15 is 0 Å². The fourth-order valence-electron chi connectivity index (χ4n) is 4.66. The zero-order chi connectivity index (χ0) is 30.1. The Bertz CT molecular complexity index is 648. The van der Waals surface area contributed by atoms with E-state index in [2.05, 4.69) is 13.8 Å². The van der Waals surface area contributed by atoms with Gasteiger partial charge in [0.25, 0.3) is 0 Å². The van der Waals surface area contributed by atoms with Crippen LogP contribution in [0.3, 0.4) is 0 Å². The molecule has 0 N–H and O–H groups in total. The van der Waals surface area contributed by atoms with Crippen molar-refractivity contribution in [3.05, 3.63) is 0 Å². The summed E-state index contributed by atoms with van der Waals surface area (Å²) in [5, 5.41) is 11.5. The Labute approximate surface area is 245 Å². The number of carboxylic acids is 1. The minimum atomic E-state index is -1.13. The zero-order valence-electron chi connectivity index (χ0n) is 26.5. The van der Waals surface area contributed by atoms with Crippen LogP contribution >= 0.6 is 0 Å². The molecule has 0 bridgehead atoms. The van der Waals surface area contributed by atoms with Crippen LogP contribution in [0.15, 0.2) is 0 Å². The van der Waals surface area contributed by atoms with Crippen molar-refractivity contribution in [1.29, 1.82) is 0 Å². The SMILES string of the molecule is CCCCCCCCCCC(=O)OCC(COCCC(C(=O)[O-])[N+](C)(C)C)OC(=O)CCCCCCCCCC. The Kier molecular flexibility index (Phi) is 24.0. The van der Waals surface area contributed by atoms with Crippen molar-refractivity contribution in [3.8, 4) is 0 Å². The van der Waals surface area contributed by atoms with Crippen LogP contribution in [0.25, 0.3) is 0 Å². The molecule has 0 fully saturated rings. The lowest BCUT2D eigenvalue weighted by molar-refractivity contribution is -0.889. The first-order chi connectivity index (χ1) is 19.1. The topological polar surface area (TPSA) is 102 Å². The van der Waals surface area contributed by atoms with Crippen LogP contribution in [0.4, 0.5) is 0 Å². The van der Waals surface area contributed by atoms with Gasteiger partial charge in [0.15, 0.2) is 6.10 Å². The Morgan fingerprint density at radius 2 is 1.10 bits per heavy atom. The van der Waals surface area contributed by atoms with Crippen molar-refractivity contribution in [2.24, 2.45) is 0 Å². The molecule has 0 aromatic heterocycles. The number of hydrogen-bond donors (Lipinski definition) is 0. The van der Waals surface area contributed by atoms with Crippen molar-refractivity contribution in [3.63, 3.8) is 0 Å². The molecule has 8 heteroatoms. The summed E-state index contributed by atoms with van der Waals surface area (Å²) in [6.45, 7) is 4.58. The van der Waals surface area contributed by atoms with Crippen molar-refractivity contribution >= 4 is 17.9 Å². The first kappa shape index (κ1) is 38.3. The number of rotatable bonds is 28. The molecule has 236 valence electrons. The standard InChI is InChI=1S/C32H61NO7/c1-6-8-10-12-14-16-18-20-22-30(34)39-27-28(26-38-25-24-29(32(36)37)33(3,4)5)40-31(35)23-21-19-17-15-13-11-9-7-2/h28-29H,6-27H2,1-5H3. The molecule has 40 heavy (non-hydrogen) atoms. The number of aliphatic carboxylic acids is 1. The van der Waals surface area contributed by atoms with Gasteiger partial charge in [-0.3, -0.25) is 9.59 Å². The van der Waals surface area contributed by atoms with E-state index in [4.69, 9.17) is 14.2 Å². The molecule has 0 radical (unpaired) electrons. The van der Waals surface area contributed by atoms with Gasteiger partial charge in [0, 0.05) is 19.3 Å². The minimum absolute atomic E-state index is 0.0467. The summed E-state index contributed by atoms with van der Waals surface area (Å²) in [4.78, 5) is 36.2. The first-order valence-electron chi connectivity index (χ1n) is 16.1. The number of nitrogens with zero attached hydrogens (tertiary/aromatic N) is 1. The van der Waals surface area contributed by atoms with Crippen LogP contribution in [-0.4, -0.2) is 75.5 Å². The Hall–Kier alpha value is -1.67. The number of carboxylic acid groups (broad SMARTS) is 1. The van der Waals surface area contributed by atoms with E-state index in [1.165, 1.54) is 64.2 Å². The lowest BCUT2D eigenvalue weighted by Gasteiger charge is -2.34. The van der Waals surface area contributed by atoms with Crippen LogP contribution in [0.1, 0.15) is 136 Å². The maximum absolute atomic E-state index is 12.5. The molecule has 0 saturated heterocycles. The number of unbranched alkanes of at least 4 members (excludes halogenated alkanes) is 14. The second kappa shape index (κ2) is 25.1. The second-order valence-corrected chi connectivity index (χ2v) is 12.1. The van der Waals surface area contributed by atoms with Crippen molar-refractivity contribution in [2.75, 3.05) is 41.0 Å². The molecule has 0 rings (SSSR count). The maximum atomic E-state index is 12.5. The highest BCUT2D eigenvalue weighted by molar-refractivity contribution is 5.70. The van der Waals surface area contributed by atoms with E-state index in [1.54, 1.807) is 21.1 Å². The van der Waals surface area contributed by atoms with E-state index in [0.29, 0.717) is 12.8 Å². The molecule has 0 amide bonds. The molecule has 0 heterocycles. The Morgan fingerprint density at radius 1 is 0.650 bits per heavy atom. The highest BCUT2D eigenvalue weighted by Gasteiger charge is 2.25. The number of esters is 2. The maximum Gasteiger partial charge on any atom is 0.306 e. The van der Waals surface area contributed by atoms with Gasteiger partial charge in [-0.15, -0.1) is 0 Å². The highest BCUT2D eigenvalue weighted by atomic mass is 16.6. The largest absolute Gasteiger partial charge is 0.544 e. The number of likely N-dealkylation sites (N-methyl/N-ethyl adjacent to an activating group) is 1. The summed E-state index contributed by atoms with van der Waals surface area (Å²) >= 11 is 0. The monoisotopic (exact) mass is 571 g/mol. The van der Waals surface area contributed by atoms with Crippen molar-refractivity contribution in [1.82, 2.24) is 0 Å². The number of quaternary nitrogens is 1. The third kappa shape index (κ3) is 23.1. The molecule has 2 atom stereocenters. The van der Waals surface area contributed by atoms with Crippen molar-refractivity contribution < 1.29 is 38.2 Å². The van der Waals surface area contributed by atoms with Crippen LogP contribution in [-0.2, 0) is 28.6 Å². The molecule has 0 aliphatic heterocycles. The van der Waals surface area contributed by atoms with E-state index < -0.39 is 18.1 Å². The van der Waals surface area contributed by atoms with E-state index in [1.807, 2.05) is 0 Å². The van der Waals surface area contributed by atoms with Crippen LogP contribution in [0, 0.1) is 0 Å². The summed E-state index contributed by atoms with van der Waals surface area (Å²) in [7, 11) is 5.38. The third-order valence-corrected chi connectivity index (χ3v) is 7.24. The molecule has 0 saturated carbocycles. The number of ether oxygens (including phenoxy) is 3. The quantitative estimate of drug-likeness (QED) is 0.0671. The molecule has 0 aromatic rings. The van der Waals surface area contributed by atoms with Gasteiger partial charge < -0.3 is 28.6 Å². The van der Waals surface area contributed by atoms with E-state index in [0.717, 1.165) is 38.5 Å². The van der Waals surface area contributed by atoms with Gasteiger partial charge in [0.2, 0.25) is 0 Å². The predicted molar refractivity (Wildman–Crippen MR) is 158 cm³/mol. The Balaban J connectivity index is 4.50. The van der Waals surface area contributed by atoms with Crippen LogP contribution < -0.4 is 5.11 Å². The fraction of sp³-hybridized carbons (Fsp3) is 0.906. The first-order valence-corrected chi connectivity index (χ1v) is 16.1. The fourth-order valence-corrected chi connectivity index (χ4v) is 4.66. The molecule has 0 aliphatic rings. The van der Waals surface area contributed by atoms with Gasteiger partial charge in [-0.1, -0.05) is 104 Å². The molecule has 0 aromatic carbocycles. The van der Waals surface area contributed by atoms with Gasteiger partial charge in [0.1, 0.15) is 12.6 Å². The van der Waals surface area contributed by atoms with Crippen LogP contribution in [0.2, 0.25) is 0 Å². The van der Waals surface area contributed by atoms with Gasteiger partial charge in [-0.25, -0.2) is 0 Å². The molecule has 0 aliphatic carbocycles. The summed E-state index contributed by atoms with van der Waals surface area (Å²) in [6, 6.07) is -0.715. The summed E-state index contributed by atoms with van der Waals surface area (Å²) < 4.78 is 16.9. The lowest BCUT2D eigenvalue weighted by atomic mass is 10.1. The normalized spacial score (nSPS) is 13.1. The smallest absolute Gasteiger partial charge is 0.306 e. The molecule has 0 spiro atoms. The van der Waals surface area contributed by atoms with Crippen molar-refractivity contribution in [2.45, 2.75) is 148 Å². The summed E-state index contributed by atoms with van der Waals surface area (Å²) in [5.41, 5.74) is 0. The zero-order valence-corrected chi connectivity index (χ0v) is 26.5. The van der Waals surface area contributed by atoms with Gasteiger partial charge in [-0.05, 0) is 12.8 Å².